The lowest BCUT2D eigenvalue weighted by molar-refractivity contribution is -0.123. The van der Waals surface area contributed by atoms with Crippen molar-refractivity contribution >= 4 is 5.91 Å². The predicted octanol–water partition coefficient (Wildman–Crippen LogP) is 1.46. The lowest BCUT2D eigenvalue weighted by Crippen LogP contribution is -2.43. The Balaban J connectivity index is 1.83. The Morgan fingerprint density at radius 3 is 3.00 bits per heavy atom. The molecule has 90 valence electrons. The Kier molecular flexibility index (Phi) is 3.64. The Morgan fingerprint density at radius 2 is 2.25 bits per heavy atom. The zero-order valence-electron chi connectivity index (χ0n) is 10.3. The number of amides is 1. The number of fused-ring (bicyclic) bond motifs is 1. The number of nitrogens with one attached hydrogen (secondary N) is 2. The first kappa shape index (κ1) is 11.6. The van der Waals surface area contributed by atoms with Gasteiger partial charge in [-0.1, -0.05) is 18.1 Å². The van der Waals surface area contributed by atoms with Gasteiger partial charge >= 0.3 is 0 Å². The summed E-state index contributed by atoms with van der Waals surface area (Å²) in [6, 6.07) is 0.0677. The molecule has 1 aliphatic heterocycles. The van der Waals surface area contributed by atoms with E-state index in [0.29, 0.717) is 12.5 Å². The summed E-state index contributed by atoms with van der Waals surface area (Å²) in [7, 11) is 0. The maximum absolute atomic E-state index is 12.0. The first-order chi connectivity index (χ1) is 7.68. The van der Waals surface area contributed by atoms with Gasteiger partial charge < -0.3 is 10.6 Å². The molecule has 3 heteroatoms. The highest BCUT2D eigenvalue weighted by Gasteiger charge is 2.42. The lowest BCUT2D eigenvalue weighted by Gasteiger charge is -2.17. The monoisotopic (exact) mass is 222 g/mol. The topological polar surface area (TPSA) is 41.1 Å². The van der Waals surface area contributed by atoms with Crippen LogP contribution in [0.2, 0.25) is 0 Å². The average Bonchev–Trinajstić information content (AvgIpc) is 2.76. The third-order valence-electron chi connectivity index (χ3n) is 3.82. The molecule has 0 bridgehead atoms. The second-order valence-electron chi connectivity index (χ2n) is 5.27. The van der Waals surface area contributed by atoms with Crippen LogP contribution >= 0.6 is 0 Å². The summed E-state index contributed by atoms with van der Waals surface area (Å²) in [6.07, 6.45) is 5.88. The van der Waals surface area contributed by atoms with Crippen LogP contribution in [0, 0.1) is 11.8 Å². The van der Waals surface area contributed by atoms with Crippen molar-refractivity contribution in [3.05, 3.63) is 11.6 Å². The molecule has 2 N–H and O–H groups in total. The van der Waals surface area contributed by atoms with Crippen molar-refractivity contribution in [1.29, 1.82) is 0 Å². The van der Waals surface area contributed by atoms with Crippen LogP contribution in [0.5, 0.6) is 0 Å². The molecule has 1 saturated carbocycles. The summed E-state index contributed by atoms with van der Waals surface area (Å²) in [5.41, 5.74) is 1.25. The highest BCUT2D eigenvalue weighted by atomic mass is 16.2. The van der Waals surface area contributed by atoms with Crippen LogP contribution < -0.4 is 10.6 Å². The zero-order chi connectivity index (χ0) is 11.5. The van der Waals surface area contributed by atoms with Crippen LogP contribution in [0.3, 0.4) is 0 Å². The van der Waals surface area contributed by atoms with Crippen molar-refractivity contribution in [2.45, 2.75) is 39.2 Å². The van der Waals surface area contributed by atoms with Crippen LogP contribution in [0.25, 0.3) is 0 Å². The summed E-state index contributed by atoms with van der Waals surface area (Å²) < 4.78 is 0. The number of allylic oxidation sites excluding steroid dienone is 1. The van der Waals surface area contributed by atoms with E-state index in [1.807, 2.05) is 13.8 Å². The van der Waals surface area contributed by atoms with Crippen molar-refractivity contribution in [2.75, 3.05) is 13.1 Å². The fourth-order valence-electron chi connectivity index (χ4n) is 2.94. The van der Waals surface area contributed by atoms with E-state index < -0.39 is 0 Å². The molecule has 1 amide bonds. The van der Waals surface area contributed by atoms with Crippen molar-refractivity contribution in [2.24, 2.45) is 11.8 Å². The number of carbonyl (C=O) groups is 1. The van der Waals surface area contributed by atoms with Crippen molar-refractivity contribution < 1.29 is 4.79 Å². The van der Waals surface area contributed by atoms with Gasteiger partial charge in [0, 0.05) is 6.54 Å². The van der Waals surface area contributed by atoms with E-state index in [9.17, 15) is 4.79 Å². The van der Waals surface area contributed by atoms with Crippen molar-refractivity contribution in [3.63, 3.8) is 0 Å². The summed E-state index contributed by atoms with van der Waals surface area (Å²) in [5.74, 6) is 1.53. The van der Waals surface area contributed by atoms with E-state index in [1.54, 1.807) is 0 Å². The number of hydrogen-bond donors (Lipinski definition) is 2. The Morgan fingerprint density at radius 1 is 1.44 bits per heavy atom. The van der Waals surface area contributed by atoms with Gasteiger partial charge in [-0.2, -0.15) is 0 Å². The minimum Gasteiger partial charge on any atom is -0.351 e. The molecule has 2 rings (SSSR count). The Hall–Kier alpha value is -0.830. The average molecular weight is 222 g/mol. The van der Waals surface area contributed by atoms with Crippen LogP contribution in [0.4, 0.5) is 0 Å². The lowest BCUT2D eigenvalue weighted by atomic mass is 9.94. The highest BCUT2D eigenvalue weighted by Crippen LogP contribution is 2.37. The normalized spacial score (nSPS) is 32.2. The molecule has 0 aromatic carbocycles. The van der Waals surface area contributed by atoms with Gasteiger partial charge in [-0.25, -0.2) is 0 Å². The number of carbonyl (C=O) groups excluding carboxylic acids is 1. The maximum atomic E-state index is 12.0. The summed E-state index contributed by atoms with van der Waals surface area (Å²) in [5, 5.41) is 6.35. The highest BCUT2D eigenvalue weighted by molar-refractivity contribution is 5.82. The SMILES string of the molecule is CC(C)=CCNC(=O)C1NCC2CCCC21. The maximum Gasteiger partial charge on any atom is 0.237 e. The van der Waals surface area contributed by atoms with Gasteiger partial charge in [0.2, 0.25) is 5.91 Å². The predicted molar refractivity (Wildman–Crippen MR) is 65.1 cm³/mol. The molecule has 1 saturated heterocycles. The van der Waals surface area contributed by atoms with Gasteiger partial charge in [-0.15, -0.1) is 0 Å². The van der Waals surface area contributed by atoms with Crippen molar-refractivity contribution in [3.8, 4) is 0 Å². The van der Waals surface area contributed by atoms with Crippen LogP contribution in [0.15, 0.2) is 11.6 Å². The molecular weight excluding hydrogens is 200 g/mol. The largest absolute Gasteiger partial charge is 0.351 e. The molecule has 1 heterocycles. The van der Waals surface area contributed by atoms with Gasteiger partial charge in [-0.3, -0.25) is 4.79 Å². The third-order valence-corrected chi connectivity index (χ3v) is 3.82. The standard InChI is InChI=1S/C13H22N2O/c1-9(2)6-7-14-13(16)12-11-5-3-4-10(11)8-15-12/h6,10-12,15H,3-5,7-8H2,1-2H3,(H,14,16). The number of hydrogen-bond acceptors (Lipinski definition) is 2. The molecule has 0 aromatic rings. The fourth-order valence-corrected chi connectivity index (χ4v) is 2.94. The Labute approximate surface area is 97.7 Å². The molecule has 0 aromatic heterocycles. The van der Waals surface area contributed by atoms with Gasteiger partial charge in [0.05, 0.1) is 6.04 Å². The van der Waals surface area contributed by atoms with Crippen LogP contribution in [-0.2, 0) is 4.79 Å². The molecule has 0 radical (unpaired) electrons. The number of rotatable bonds is 3. The van der Waals surface area contributed by atoms with E-state index in [0.717, 1.165) is 12.5 Å². The van der Waals surface area contributed by atoms with E-state index in [4.69, 9.17) is 0 Å². The second kappa shape index (κ2) is 5.00. The quantitative estimate of drug-likeness (QED) is 0.710. The molecule has 1 aliphatic carbocycles. The molecule has 2 aliphatic rings. The van der Waals surface area contributed by atoms with E-state index in [2.05, 4.69) is 16.7 Å². The molecule has 16 heavy (non-hydrogen) atoms. The summed E-state index contributed by atoms with van der Waals surface area (Å²) >= 11 is 0. The molecule has 3 nitrogen and oxygen atoms in total. The molecule has 2 fully saturated rings. The van der Waals surface area contributed by atoms with Gasteiger partial charge in [0.1, 0.15) is 0 Å². The minimum atomic E-state index is 0.0677. The summed E-state index contributed by atoms with van der Waals surface area (Å²) in [4.78, 5) is 12.0. The molecular formula is C13H22N2O. The zero-order valence-corrected chi connectivity index (χ0v) is 10.3. The second-order valence-corrected chi connectivity index (χ2v) is 5.27. The fraction of sp³-hybridized carbons (Fsp3) is 0.769. The molecule has 3 atom stereocenters. The van der Waals surface area contributed by atoms with Gasteiger partial charge in [-0.05, 0) is 45.1 Å². The third kappa shape index (κ3) is 2.46. The molecule has 0 spiro atoms. The van der Waals surface area contributed by atoms with E-state index in [1.165, 1.54) is 24.8 Å². The van der Waals surface area contributed by atoms with Crippen molar-refractivity contribution in [1.82, 2.24) is 10.6 Å². The van der Waals surface area contributed by atoms with Gasteiger partial charge in [0.15, 0.2) is 0 Å². The van der Waals surface area contributed by atoms with Crippen LogP contribution in [0.1, 0.15) is 33.1 Å². The first-order valence-electron chi connectivity index (χ1n) is 6.33. The van der Waals surface area contributed by atoms with E-state index in [-0.39, 0.29) is 11.9 Å². The van der Waals surface area contributed by atoms with Crippen LogP contribution in [-0.4, -0.2) is 25.0 Å². The van der Waals surface area contributed by atoms with Gasteiger partial charge in [0.25, 0.3) is 0 Å². The smallest absolute Gasteiger partial charge is 0.237 e. The van der Waals surface area contributed by atoms with E-state index >= 15 is 0 Å². The summed E-state index contributed by atoms with van der Waals surface area (Å²) in [6.45, 7) is 5.79. The Bertz CT molecular complexity index is 294. The molecule has 3 unspecified atom stereocenters. The minimum absolute atomic E-state index is 0.0677. The first-order valence-corrected chi connectivity index (χ1v) is 6.33.